The average molecular weight is 238 g/mol. The monoisotopic (exact) mass is 238 g/mol. The molecule has 1 atom stereocenters. The molecule has 0 aromatic heterocycles. The van der Waals surface area contributed by atoms with Crippen molar-refractivity contribution in [2.45, 2.75) is 57.9 Å². The third-order valence-corrected chi connectivity index (χ3v) is 4.23. The van der Waals surface area contributed by atoms with E-state index in [-0.39, 0.29) is 6.04 Å². The number of likely N-dealkylation sites (tertiary alicyclic amines) is 1. The van der Waals surface area contributed by atoms with E-state index in [0.29, 0.717) is 5.91 Å². The molecule has 1 heterocycles. The molecule has 3 nitrogen and oxygen atoms in total. The second-order valence-corrected chi connectivity index (χ2v) is 5.67. The van der Waals surface area contributed by atoms with Gasteiger partial charge in [0.1, 0.15) is 0 Å². The molecule has 2 aliphatic rings. The van der Waals surface area contributed by atoms with Gasteiger partial charge in [0.15, 0.2) is 0 Å². The van der Waals surface area contributed by atoms with Crippen LogP contribution in [0.4, 0.5) is 0 Å². The third kappa shape index (κ3) is 3.70. The highest BCUT2D eigenvalue weighted by molar-refractivity contribution is 5.81. The number of carbonyl (C=O) groups excluding carboxylic acids is 1. The van der Waals surface area contributed by atoms with Crippen LogP contribution in [0, 0.1) is 5.92 Å². The number of rotatable bonds is 4. The number of carbonyl (C=O) groups is 1. The predicted molar refractivity (Wildman–Crippen MR) is 69.9 cm³/mol. The van der Waals surface area contributed by atoms with Crippen molar-refractivity contribution in [2.24, 2.45) is 5.92 Å². The molecule has 1 saturated heterocycles. The summed E-state index contributed by atoms with van der Waals surface area (Å²) in [6.45, 7) is 4.98. The number of hydrogen-bond acceptors (Lipinski definition) is 2. The van der Waals surface area contributed by atoms with Gasteiger partial charge in [0.25, 0.3) is 0 Å². The fourth-order valence-corrected chi connectivity index (χ4v) is 3.03. The minimum absolute atomic E-state index is 0.00806. The summed E-state index contributed by atoms with van der Waals surface area (Å²) in [6.07, 6.45) is 9.09. The summed E-state index contributed by atoms with van der Waals surface area (Å²) in [7, 11) is 0. The zero-order valence-electron chi connectivity index (χ0n) is 11.1. The topological polar surface area (TPSA) is 32.3 Å². The van der Waals surface area contributed by atoms with Crippen LogP contribution in [-0.2, 0) is 4.79 Å². The molecule has 1 aliphatic heterocycles. The van der Waals surface area contributed by atoms with Crippen molar-refractivity contribution < 1.29 is 4.79 Å². The molecule has 1 saturated carbocycles. The molecular weight excluding hydrogens is 212 g/mol. The van der Waals surface area contributed by atoms with Crippen molar-refractivity contribution in [3.8, 4) is 0 Å². The lowest BCUT2D eigenvalue weighted by Crippen LogP contribution is -2.47. The van der Waals surface area contributed by atoms with Crippen LogP contribution < -0.4 is 5.32 Å². The van der Waals surface area contributed by atoms with Gasteiger partial charge in [-0.1, -0.05) is 12.8 Å². The molecule has 0 aromatic carbocycles. The highest BCUT2D eigenvalue weighted by Gasteiger charge is 2.23. The van der Waals surface area contributed by atoms with Gasteiger partial charge in [-0.25, -0.2) is 0 Å². The molecule has 0 bridgehead atoms. The fourth-order valence-electron chi connectivity index (χ4n) is 3.03. The van der Waals surface area contributed by atoms with Gasteiger partial charge in [-0.3, -0.25) is 4.79 Å². The molecule has 17 heavy (non-hydrogen) atoms. The first kappa shape index (κ1) is 12.9. The maximum absolute atomic E-state index is 12.2. The van der Waals surface area contributed by atoms with E-state index in [4.69, 9.17) is 0 Å². The highest BCUT2D eigenvalue weighted by Crippen LogP contribution is 2.23. The highest BCUT2D eigenvalue weighted by atomic mass is 16.2. The van der Waals surface area contributed by atoms with Gasteiger partial charge in [-0.2, -0.15) is 0 Å². The second kappa shape index (κ2) is 6.39. The SMILES string of the molecule is CC(NCC1CCCC1)C(=O)N1CCCCC1. The van der Waals surface area contributed by atoms with Crippen LogP contribution >= 0.6 is 0 Å². The Bertz CT molecular complexity index is 243. The Labute approximate surface area is 105 Å². The van der Waals surface area contributed by atoms with Crippen LogP contribution in [0.25, 0.3) is 0 Å². The smallest absolute Gasteiger partial charge is 0.239 e. The molecular formula is C14H26N2O. The van der Waals surface area contributed by atoms with Gasteiger partial charge in [-0.05, 0) is 51.5 Å². The number of amides is 1. The summed E-state index contributed by atoms with van der Waals surface area (Å²) in [5.74, 6) is 1.12. The van der Waals surface area contributed by atoms with Crippen LogP contribution in [0.15, 0.2) is 0 Å². The molecule has 2 fully saturated rings. The van der Waals surface area contributed by atoms with Crippen LogP contribution in [0.2, 0.25) is 0 Å². The molecule has 1 aliphatic carbocycles. The Morgan fingerprint density at radius 2 is 1.82 bits per heavy atom. The van der Waals surface area contributed by atoms with Crippen LogP contribution in [0.5, 0.6) is 0 Å². The molecule has 1 N–H and O–H groups in total. The van der Waals surface area contributed by atoms with Gasteiger partial charge < -0.3 is 10.2 Å². The van der Waals surface area contributed by atoms with E-state index in [0.717, 1.165) is 25.6 Å². The van der Waals surface area contributed by atoms with Gasteiger partial charge in [0, 0.05) is 13.1 Å². The fraction of sp³-hybridized carbons (Fsp3) is 0.929. The maximum Gasteiger partial charge on any atom is 0.239 e. The lowest BCUT2D eigenvalue weighted by molar-refractivity contribution is -0.133. The van der Waals surface area contributed by atoms with Gasteiger partial charge in [0.2, 0.25) is 5.91 Å². The molecule has 0 spiro atoms. The van der Waals surface area contributed by atoms with Crippen molar-refractivity contribution in [3.63, 3.8) is 0 Å². The van der Waals surface area contributed by atoms with Crippen molar-refractivity contribution >= 4 is 5.91 Å². The molecule has 1 amide bonds. The van der Waals surface area contributed by atoms with Crippen LogP contribution in [-0.4, -0.2) is 36.5 Å². The van der Waals surface area contributed by atoms with E-state index in [1.54, 1.807) is 0 Å². The maximum atomic E-state index is 12.2. The number of nitrogens with zero attached hydrogens (tertiary/aromatic N) is 1. The van der Waals surface area contributed by atoms with E-state index in [1.165, 1.54) is 44.9 Å². The second-order valence-electron chi connectivity index (χ2n) is 5.67. The Hall–Kier alpha value is -0.570. The lowest BCUT2D eigenvalue weighted by Gasteiger charge is -2.30. The minimum atomic E-state index is 0.00806. The summed E-state index contributed by atoms with van der Waals surface area (Å²) in [4.78, 5) is 14.2. The predicted octanol–water partition coefficient (Wildman–Crippen LogP) is 2.17. The van der Waals surface area contributed by atoms with Gasteiger partial charge in [-0.15, -0.1) is 0 Å². The first-order chi connectivity index (χ1) is 8.27. The Morgan fingerprint density at radius 3 is 2.47 bits per heavy atom. The molecule has 0 aromatic rings. The molecule has 2 rings (SSSR count). The van der Waals surface area contributed by atoms with E-state index in [2.05, 4.69) is 5.32 Å². The van der Waals surface area contributed by atoms with Crippen molar-refractivity contribution in [2.75, 3.05) is 19.6 Å². The number of nitrogens with one attached hydrogen (secondary N) is 1. The Kier molecular flexibility index (Phi) is 4.84. The van der Waals surface area contributed by atoms with Gasteiger partial charge in [0.05, 0.1) is 6.04 Å². The van der Waals surface area contributed by atoms with E-state index in [1.807, 2.05) is 11.8 Å². The zero-order chi connectivity index (χ0) is 12.1. The van der Waals surface area contributed by atoms with Crippen molar-refractivity contribution in [3.05, 3.63) is 0 Å². The average Bonchev–Trinajstić information content (AvgIpc) is 2.89. The summed E-state index contributed by atoms with van der Waals surface area (Å²) < 4.78 is 0. The first-order valence-corrected chi connectivity index (χ1v) is 7.29. The Morgan fingerprint density at radius 1 is 1.18 bits per heavy atom. The lowest BCUT2D eigenvalue weighted by atomic mass is 10.1. The van der Waals surface area contributed by atoms with Crippen molar-refractivity contribution in [1.29, 1.82) is 0 Å². The molecule has 3 heteroatoms. The largest absolute Gasteiger partial charge is 0.341 e. The van der Waals surface area contributed by atoms with E-state index in [9.17, 15) is 4.79 Å². The Balaban J connectivity index is 1.70. The molecule has 0 radical (unpaired) electrons. The third-order valence-electron chi connectivity index (χ3n) is 4.23. The van der Waals surface area contributed by atoms with Gasteiger partial charge >= 0.3 is 0 Å². The minimum Gasteiger partial charge on any atom is -0.341 e. The standard InChI is InChI=1S/C14H26N2O/c1-12(15-11-13-7-3-4-8-13)14(17)16-9-5-2-6-10-16/h12-13,15H,2-11H2,1H3. The summed E-state index contributed by atoms with van der Waals surface area (Å²) in [5, 5.41) is 3.43. The first-order valence-electron chi connectivity index (χ1n) is 7.29. The number of hydrogen-bond donors (Lipinski definition) is 1. The summed E-state index contributed by atoms with van der Waals surface area (Å²) in [6, 6.07) is 0.00806. The summed E-state index contributed by atoms with van der Waals surface area (Å²) >= 11 is 0. The normalized spacial score (nSPS) is 23.9. The van der Waals surface area contributed by atoms with E-state index < -0.39 is 0 Å². The van der Waals surface area contributed by atoms with Crippen molar-refractivity contribution in [1.82, 2.24) is 10.2 Å². The number of piperidine rings is 1. The quantitative estimate of drug-likeness (QED) is 0.814. The summed E-state index contributed by atoms with van der Waals surface area (Å²) in [5.41, 5.74) is 0. The van der Waals surface area contributed by atoms with Crippen LogP contribution in [0.3, 0.4) is 0 Å². The molecule has 1 unspecified atom stereocenters. The molecule has 98 valence electrons. The van der Waals surface area contributed by atoms with E-state index >= 15 is 0 Å². The zero-order valence-corrected chi connectivity index (χ0v) is 11.1. The van der Waals surface area contributed by atoms with Crippen LogP contribution in [0.1, 0.15) is 51.9 Å².